The maximum Gasteiger partial charge on any atom is 0.240 e. The first-order chi connectivity index (χ1) is 11.8. The van der Waals surface area contributed by atoms with Gasteiger partial charge in [-0.2, -0.15) is 0 Å². The zero-order valence-electron chi connectivity index (χ0n) is 13.9. The van der Waals surface area contributed by atoms with Crippen LogP contribution in [0.25, 0.3) is 0 Å². The van der Waals surface area contributed by atoms with Crippen molar-refractivity contribution in [1.82, 2.24) is 9.44 Å². The monoisotopic (exact) mass is 382 g/mol. The predicted molar refractivity (Wildman–Crippen MR) is 97.1 cm³/mol. The van der Waals surface area contributed by atoms with Crippen LogP contribution < -0.4 is 9.44 Å². The molecule has 0 spiro atoms. The number of rotatable bonds is 9. The zero-order chi connectivity index (χ0) is 18.3. The minimum atomic E-state index is -3.62. The molecule has 0 heterocycles. The van der Waals surface area contributed by atoms with Crippen LogP contribution in [0.1, 0.15) is 19.8 Å². The van der Waals surface area contributed by atoms with Crippen LogP contribution in [-0.2, 0) is 20.0 Å². The second kappa shape index (κ2) is 8.57. The highest BCUT2D eigenvalue weighted by molar-refractivity contribution is 7.89. The Morgan fingerprint density at radius 3 is 1.76 bits per heavy atom. The Balaban J connectivity index is 1.95. The van der Waals surface area contributed by atoms with Gasteiger partial charge in [-0.1, -0.05) is 43.3 Å². The van der Waals surface area contributed by atoms with Crippen LogP contribution in [0.5, 0.6) is 0 Å². The SMILES string of the molecule is CC[C@H](CCNS(=O)(=O)c1ccccc1)NS(=O)(=O)c1ccccc1. The fourth-order valence-electron chi connectivity index (χ4n) is 2.28. The molecule has 136 valence electrons. The van der Waals surface area contributed by atoms with E-state index in [1.807, 2.05) is 6.92 Å². The van der Waals surface area contributed by atoms with E-state index >= 15 is 0 Å². The third-order valence-corrected chi connectivity index (χ3v) is 6.72. The lowest BCUT2D eigenvalue weighted by Gasteiger charge is -2.17. The van der Waals surface area contributed by atoms with E-state index < -0.39 is 20.0 Å². The normalized spacial score (nSPS) is 13.5. The van der Waals surface area contributed by atoms with E-state index in [-0.39, 0.29) is 22.4 Å². The zero-order valence-corrected chi connectivity index (χ0v) is 15.6. The first-order valence-corrected chi connectivity index (χ1v) is 10.9. The van der Waals surface area contributed by atoms with Gasteiger partial charge in [0.1, 0.15) is 0 Å². The number of hydrogen-bond donors (Lipinski definition) is 2. The van der Waals surface area contributed by atoms with Gasteiger partial charge in [0, 0.05) is 12.6 Å². The van der Waals surface area contributed by atoms with Crippen molar-refractivity contribution < 1.29 is 16.8 Å². The summed E-state index contributed by atoms with van der Waals surface area (Å²) in [4.78, 5) is 0.381. The summed E-state index contributed by atoms with van der Waals surface area (Å²) in [5.74, 6) is 0. The van der Waals surface area contributed by atoms with Crippen molar-refractivity contribution in [3.63, 3.8) is 0 Å². The van der Waals surface area contributed by atoms with Crippen molar-refractivity contribution in [2.24, 2.45) is 0 Å². The second-order valence-corrected chi connectivity index (χ2v) is 9.02. The molecule has 0 aliphatic rings. The van der Waals surface area contributed by atoms with Gasteiger partial charge in [0.15, 0.2) is 0 Å². The van der Waals surface area contributed by atoms with Crippen LogP contribution in [0, 0.1) is 0 Å². The molecule has 0 unspecified atom stereocenters. The van der Waals surface area contributed by atoms with Crippen molar-refractivity contribution >= 4 is 20.0 Å². The highest BCUT2D eigenvalue weighted by atomic mass is 32.2. The van der Waals surface area contributed by atoms with Crippen molar-refractivity contribution in [3.05, 3.63) is 60.7 Å². The third-order valence-electron chi connectivity index (χ3n) is 3.71. The maximum atomic E-state index is 12.3. The summed E-state index contributed by atoms with van der Waals surface area (Å²) in [5.41, 5.74) is 0. The molecule has 2 aromatic carbocycles. The molecule has 2 N–H and O–H groups in total. The molecule has 0 radical (unpaired) electrons. The van der Waals surface area contributed by atoms with Gasteiger partial charge in [0.2, 0.25) is 20.0 Å². The summed E-state index contributed by atoms with van der Waals surface area (Å²) < 4.78 is 54.1. The van der Waals surface area contributed by atoms with Gasteiger partial charge in [-0.3, -0.25) is 0 Å². The van der Waals surface area contributed by atoms with Crippen molar-refractivity contribution in [2.45, 2.75) is 35.6 Å². The van der Waals surface area contributed by atoms with Crippen molar-refractivity contribution in [3.8, 4) is 0 Å². The van der Waals surface area contributed by atoms with E-state index in [4.69, 9.17) is 0 Å². The molecule has 8 heteroatoms. The summed E-state index contributed by atoms with van der Waals surface area (Å²) in [6.07, 6.45) is 0.910. The van der Waals surface area contributed by atoms with E-state index in [1.165, 1.54) is 24.3 Å². The third kappa shape index (κ3) is 5.64. The molecule has 0 aliphatic carbocycles. The Bertz CT molecular complexity index is 867. The van der Waals surface area contributed by atoms with E-state index in [9.17, 15) is 16.8 Å². The van der Waals surface area contributed by atoms with Crippen LogP contribution in [0.15, 0.2) is 70.5 Å². The first-order valence-electron chi connectivity index (χ1n) is 7.97. The van der Waals surface area contributed by atoms with Crippen LogP contribution in [-0.4, -0.2) is 29.4 Å². The van der Waals surface area contributed by atoms with Gasteiger partial charge in [0.05, 0.1) is 9.79 Å². The van der Waals surface area contributed by atoms with Gasteiger partial charge < -0.3 is 0 Å². The van der Waals surface area contributed by atoms with Crippen molar-refractivity contribution in [2.75, 3.05) is 6.54 Å². The quantitative estimate of drug-likeness (QED) is 0.695. The Morgan fingerprint density at radius 2 is 1.28 bits per heavy atom. The van der Waals surface area contributed by atoms with Crippen LogP contribution in [0.4, 0.5) is 0 Å². The summed E-state index contributed by atoms with van der Waals surface area (Å²) in [6, 6.07) is 15.8. The fourth-order valence-corrected chi connectivity index (χ4v) is 4.73. The predicted octanol–water partition coefficient (Wildman–Crippen LogP) is 2.11. The Labute approximate surface area is 149 Å². The molecule has 0 bridgehead atoms. The molecule has 2 rings (SSSR count). The Kier molecular flexibility index (Phi) is 6.71. The van der Waals surface area contributed by atoms with Gasteiger partial charge in [-0.25, -0.2) is 26.3 Å². The Hall–Kier alpha value is -1.74. The lowest BCUT2D eigenvalue weighted by molar-refractivity contribution is 0.511. The molecule has 0 saturated heterocycles. The molecular weight excluding hydrogens is 360 g/mol. The molecule has 0 aliphatic heterocycles. The van der Waals surface area contributed by atoms with E-state index in [0.29, 0.717) is 12.8 Å². The van der Waals surface area contributed by atoms with Gasteiger partial charge >= 0.3 is 0 Å². The number of sulfonamides is 2. The molecule has 0 amide bonds. The second-order valence-electron chi connectivity index (χ2n) is 5.54. The number of benzene rings is 2. The van der Waals surface area contributed by atoms with E-state index in [0.717, 1.165) is 0 Å². The minimum absolute atomic E-state index is 0.146. The summed E-state index contributed by atoms with van der Waals surface area (Å²) in [5, 5.41) is 0. The molecular formula is C17H22N2O4S2. The van der Waals surface area contributed by atoms with E-state index in [1.54, 1.807) is 36.4 Å². The van der Waals surface area contributed by atoms with Crippen LogP contribution in [0.3, 0.4) is 0 Å². The number of hydrogen-bond acceptors (Lipinski definition) is 4. The summed E-state index contributed by atoms with van der Waals surface area (Å²) >= 11 is 0. The summed E-state index contributed by atoms with van der Waals surface area (Å²) in [7, 11) is -7.20. The lowest BCUT2D eigenvalue weighted by Crippen LogP contribution is -2.37. The van der Waals surface area contributed by atoms with Gasteiger partial charge in [0.25, 0.3) is 0 Å². The standard InChI is InChI=1S/C17H22N2O4S2/c1-2-15(19-25(22,23)17-11-7-4-8-12-17)13-14-18-24(20,21)16-9-5-3-6-10-16/h3-12,15,18-19H,2,13-14H2,1H3/t15-/m1/s1. The largest absolute Gasteiger partial charge is 0.240 e. The molecule has 6 nitrogen and oxygen atoms in total. The highest BCUT2D eigenvalue weighted by Crippen LogP contribution is 2.11. The van der Waals surface area contributed by atoms with Crippen LogP contribution >= 0.6 is 0 Å². The lowest BCUT2D eigenvalue weighted by atomic mass is 10.2. The minimum Gasteiger partial charge on any atom is -0.211 e. The molecule has 0 fully saturated rings. The molecule has 1 atom stereocenters. The first kappa shape index (κ1) is 19.6. The fraction of sp³-hybridized carbons (Fsp3) is 0.294. The topological polar surface area (TPSA) is 92.3 Å². The van der Waals surface area contributed by atoms with E-state index in [2.05, 4.69) is 9.44 Å². The highest BCUT2D eigenvalue weighted by Gasteiger charge is 2.19. The average Bonchev–Trinajstić information content (AvgIpc) is 2.62. The van der Waals surface area contributed by atoms with Crippen molar-refractivity contribution in [1.29, 1.82) is 0 Å². The molecule has 25 heavy (non-hydrogen) atoms. The molecule has 0 aromatic heterocycles. The smallest absolute Gasteiger partial charge is 0.211 e. The molecule has 0 saturated carbocycles. The maximum absolute atomic E-state index is 12.3. The number of nitrogens with one attached hydrogen (secondary N) is 2. The Morgan fingerprint density at radius 1 is 0.800 bits per heavy atom. The van der Waals surface area contributed by atoms with Gasteiger partial charge in [-0.15, -0.1) is 0 Å². The molecule has 2 aromatic rings. The summed E-state index contributed by atoms with van der Waals surface area (Å²) in [6.45, 7) is 2.00. The average molecular weight is 383 g/mol. The van der Waals surface area contributed by atoms with Crippen LogP contribution in [0.2, 0.25) is 0 Å². The van der Waals surface area contributed by atoms with Gasteiger partial charge in [-0.05, 0) is 37.1 Å².